The first-order valence-electron chi connectivity index (χ1n) is 4.87. The maximum Gasteiger partial charge on any atom is 0.228 e. The van der Waals surface area contributed by atoms with Gasteiger partial charge < -0.3 is 9.84 Å². The molecule has 0 aliphatic rings. The molecule has 0 aromatic carbocycles. The molecule has 0 fully saturated rings. The summed E-state index contributed by atoms with van der Waals surface area (Å²) in [6.45, 7) is 0.818. The van der Waals surface area contributed by atoms with E-state index in [1.54, 1.807) is 12.4 Å². The standard InChI is InChI=1S/C10H11BrN4O/c1-12-3-2-9-14-10(15-16-9)7-4-8(11)6-13-5-7/h4-6,12H,2-3H2,1H3. The predicted octanol–water partition coefficient (Wildman–Crippen LogP) is 1.66. The van der Waals surface area contributed by atoms with Gasteiger partial charge in [-0.2, -0.15) is 4.98 Å². The summed E-state index contributed by atoms with van der Waals surface area (Å²) in [7, 11) is 1.88. The number of halogens is 1. The quantitative estimate of drug-likeness (QED) is 0.924. The smallest absolute Gasteiger partial charge is 0.228 e. The minimum absolute atomic E-state index is 0.569. The molecule has 0 saturated carbocycles. The molecule has 6 heteroatoms. The zero-order valence-corrected chi connectivity index (χ0v) is 10.4. The molecule has 0 aliphatic carbocycles. The van der Waals surface area contributed by atoms with E-state index >= 15 is 0 Å². The number of aromatic nitrogens is 3. The van der Waals surface area contributed by atoms with Gasteiger partial charge in [0.15, 0.2) is 0 Å². The highest BCUT2D eigenvalue weighted by Crippen LogP contribution is 2.18. The molecule has 5 nitrogen and oxygen atoms in total. The van der Waals surface area contributed by atoms with E-state index in [9.17, 15) is 0 Å². The Kier molecular flexibility index (Phi) is 3.63. The molecule has 2 heterocycles. The second kappa shape index (κ2) is 5.18. The minimum atomic E-state index is 0.569. The lowest BCUT2D eigenvalue weighted by atomic mass is 10.3. The maximum absolute atomic E-state index is 5.12. The van der Waals surface area contributed by atoms with Gasteiger partial charge in [-0.05, 0) is 29.0 Å². The summed E-state index contributed by atoms with van der Waals surface area (Å²) >= 11 is 3.35. The van der Waals surface area contributed by atoms with Crippen molar-refractivity contribution in [3.8, 4) is 11.4 Å². The molecule has 0 unspecified atom stereocenters. The van der Waals surface area contributed by atoms with Gasteiger partial charge >= 0.3 is 0 Å². The highest BCUT2D eigenvalue weighted by atomic mass is 79.9. The van der Waals surface area contributed by atoms with Crippen LogP contribution in [-0.4, -0.2) is 28.7 Å². The Morgan fingerprint density at radius 1 is 1.44 bits per heavy atom. The first-order valence-corrected chi connectivity index (χ1v) is 5.67. The van der Waals surface area contributed by atoms with Gasteiger partial charge in [-0.25, -0.2) is 0 Å². The first-order chi connectivity index (χ1) is 7.79. The number of hydrogen-bond donors (Lipinski definition) is 1. The molecule has 0 spiro atoms. The van der Waals surface area contributed by atoms with E-state index in [4.69, 9.17) is 4.52 Å². The molecule has 2 aromatic heterocycles. The van der Waals surface area contributed by atoms with Gasteiger partial charge in [0.05, 0.1) is 0 Å². The average Bonchev–Trinajstić information content (AvgIpc) is 2.75. The molecule has 0 atom stereocenters. The highest BCUT2D eigenvalue weighted by Gasteiger charge is 2.08. The second-order valence-electron chi connectivity index (χ2n) is 3.26. The Hall–Kier alpha value is -1.27. The van der Waals surface area contributed by atoms with Crippen LogP contribution in [0.3, 0.4) is 0 Å². The first kappa shape index (κ1) is 11.2. The fourth-order valence-electron chi connectivity index (χ4n) is 1.24. The number of nitrogens with one attached hydrogen (secondary N) is 1. The van der Waals surface area contributed by atoms with Crippen molar-refractivity contribution in [2.75, 3.05) is 13.6 Å². The van der Waals surface area contributed by atoms with Gasteiger partial charge in [-0.1, -0.05) is 5.16 Å². The largest absolute Gasteiger partial charge is 0.339 e. The van der Waals surface area contributed by atoms with Gasteiger partial charge in [-0.3, -0.25) is 4.98 Å². The summed E-state index contributed by atoms with van der Waals surface area (Å²) in [5.74, 6) is 1.20. The second-order valence-corrected chi connectivity index (χ2v) is 4.17. The van der Waals surface area contributed by atoms with Crippen molar-refractivity contribution < 1.29 is 4.52 Å². The van der Waals surface area contributed by atoms with Gasteiger partial charge in [0.2, 0.25) is 11.7 Å². The molecule has 0 radical (unpaired) electrons. The third-order valence-electron chi connectivity index (χ3n) is 2.02. The van der Waals surface area contributed by atoms with Crippen molar-refractivity contribution in [3.63, 3.8) is 0 Å². The fraction of sp³-hybridized carbons (Fsp3) is 0.300. The summed E-state index contributed by atoms with van der Waals surface area (Å²) in [5, 5.41) is 6.93. The van der Waals surface area contributed by atoms with Crippen LogP contribution in [-0.2, 0) is 6.42 Å². The summed E-state index contributed by atoms with van der Waals surface area (Å²) in [6, 6.07) is 1.90. The Labute approximate surface area is 101 Å². The van der Waals surface area contributed by atoms with E-state index in [1.807, 2.05) is 13.1 Å². The fourth-order valence-corrected chi connectivity index (χ4v) is 1.60. The molecule has 2 rings (SSSR count). The molecule has 16 heavy (non-hydrogen) atoms. The predicted molar refractivity (Wildman–Crippen MR) is 62.9 cm³/mol. The molecule has 0 bridgehead atoms. The third kappa shape index (κ3) is 2.65. The minimum Gasteiger partial charge on any atom is -0.339 e. The molecule has 84 valence electrons. The molecular formula is C10H11BrN4O. The molecular weight excluding hydrogens is 272 g/mol. The lowest BCUT2D eigenvalue weighted by molar-refractivity contribution is 0.377. The van der Waals surface area contributed by atoms with Crippen LogP contribution < -0.4 is 5.32 Å². The zero-order valence-electron chi connectivity index (χ0n) is 8.77. The number of pyridine rings is 1. The summed E-state index contributed by atoms with van der Waals surface area (Å²) in [5.41, 5.74) is 0.842. The number of nitrogens with zero attached hydrogens (tertiary/aromatic N) is 3. The average molecular weight is 283 g/mol. The molecule has 0 saturated heterocycles. The van der Waals surface area contributed by atoms with Gasteiger partial charge in [0.25, 0.3) is 0 Å². The van der Waals surface area contributed by atoms with Crippen LogP contribution >= 0.6 is 15.9 Å². The van der Waals surface area contributed by atoms with Crippen LogP contribution in [0.1, 0.15) is 5.89 Å². The lowest BCUT2D eigenvalue weighted by Crippen LogP contribution is -2.10. The van der Waals surface area contributed by atoms with E-state index in [-0.39, 0.29) is 0 Å². The van der Waals surface area contributed by atoms with E-state index in [1.165, 1.54) is 0 Å². The number of hydrogen-bond acceptors (Lipinski definition) is 5. The van der Waals surface area contributed by atoms with E-state index in [2.05, 4.69) is 36.4 Å². The highest BCUT2D eigenvalue weighted by molar-refractivity contribution is 9.10. The molecule has 0 aliphatic heterocycles. The third-order valence-corrected chi connectivity index (χ3v) is 2.45. The maximum atomic E-state index is 5.12. The van der Waals surface area contributed by atoms with Crippen molar-refractivity contribution in [2.45, 2.75) is 6.42 Å². The van der Waals surface area contributed by atoms with Crippen LogP contribution in [0.2, 0.25) is 0 Å². The molecule has 1 N–H and O–H groups in total. The van der Waals surface area contributed by atoms with Gasteiger partial charge in [0.1, 0.15) is 0 Å². The normalized spacial score (nSPS) is 10.6. The lowest BCUT2D eigenvalue weighted by Gasteiger charge is -1.93. The Balaban J connectivity index is 2.18. The van der Waals surface area contributed by atoms with E-state index in [0.717, 1.165) is 23.0 Å². The van der Waals surface area contributed by atoms with Gasteiger partial charge in [0, 0.05) is 35.4 Å². The Bertz CT molecular complexity index is 471. The summed E-state index contributed by atoms with van der Waals surface area (Å²) in [4.78, 5) is 8.33. The van der Waals surface area contributed by atoms with Crippen molar-refractivity contribution in [1.29, 1.82) is 0 Å². The van der Waals surface area contributed by atoms with E-state index in [0.29, 0.717) is 11.7 Å². The van der Waals surface area contributed by atoms with Crippen LogP contribution in [0.15, 0.2) is 27.5 Å². The SMILES string of the molecule is CNCCc1nc(-c2cncc(Br)c2)no1. The number of likely N-dealkylation sites (N-methyl/N-ethyl adjacent to an activating group) is 1. The van der Waals surface area contributed by atoms with Crippen LogP contribution in [0, 0.1) is 0 Å². The van der Waals surface area contributed by atoms with Crippen molar-refractivity contribution in [2.24, 2.45) is 0 Å². The monoisotopic (exact) mass is 282 g/mol. The summed E-state index contributed by atoms with van der Waals surface area (Å²) in [6.07, 6.45) is 4.15. The van der Waals surface area contributed by atoms with Crippen LogP contribution in [0.5, 0.6) is 0 Å². The van der Waals surface area contributed by atoms with Crippen molar-refractivity contribution in [3.05, 3.63) is 28.8 Å². The molecule has 0 amide bonds. The molecule has 2 aromatic rings. The van der Waals surface area contributed by atoms with Crippen molar-refractivity contribution in [1.82, 2.24) is 20.4 Å². The summed E-state index contributed by atoms with van der Waals surface area (Å²) < 4.78 is 6.01. The number of rotatable bonds is 4. The Morgan fingerprint density at radius 2 is 2.31 bits per heavy atom. The zero-order chi connectivity index (χ0) is 11.4. The topological polar surface area (TPSA) is 63.8 Å². The van der Waals surface area contributed by atoms with Crippen molar-refractivity contribution >= 4 is 15.9 Å². The Morgan fingerprint density at radius 3 is 3.06 bits per heavy atom. The van der Waals surface area contributed by atoms with Crippen LogP contribution in [0.25, 0.3) is 11.4 Å². The van der Waals surface area contributed by atoms with Gasteiger partial charge in [-0.15, -0.1) is 0 Å². The van der Waals surface area contributed by atoms with E-state index < -0.39 is 0 Å². The van der Waals surface area contributed by atoms with Crippen LogP contribution in [0.4, 0.5) is 0 Å².